The molecule has 4 aromatic carbocycles. The first kappa shape index (κ1) is 36.1. The van der Waals surface area contributed by atoms with Gasteiger partial charge in [0.1, 0.15) is 18.3 Å². The van der Waals surface area contributed by atoms with Crippen molar-refractivity contribution in [2.45, 2.75) is 37.2 Å². The summed E-state index contributed by atoms with van der Waals surface area (Å²) in [4.78, 5) is 29.7. The summed E-state index contributed by atoms with van der Waals surface area (Å²) in [5.41, 5.74) is 1.74. The number of sulfonamides is 1. The topological polar surface area (TPSA) is 114 Å². The van der Waals surface area contributed by atoms with Gasteiger partial charge in [-0.15, -0.1) is 0 Å². The lowest BCUT2D eigenvalue weighted by molar-refractivity contribution is -0.140. The molecule has 1 atom stereocenters. The number of carbonyl (C=O) groups is 2. The second-order valence-electron chi connectivity index (χ2n) is 10.9. The molecule has 0 heterocycles. The van der Waals surface area contributed by atoms with E-state index in [1.165, 1.54) is 49.5 Å². The molecule has 0 saturated carbocycles. The van der Waals surface area contributed by atoms with Gasteiger partial charge in [-0.3, -0.25) is 13.9 Å². The summed E-state index contributed by atoms with van der Waals surface area (Å²) in [7, 11) is 0.0271. The van der Waals surface area contributed by atoms with Gasteiger partial charge in [0.2, 0.25) is 11.8 Å². The summed E-state index contributed by atoms with van der Waals surface area (Å²) in [6, 6.07) is 25.9. The van der Waals surface area contributed by atoms with E-state index in [0.29, 0.717) is 35.1 Å². The Balaban J connectivity index is 1.82. The lowest BCUT2D eigenvalue weighted by Gasteiger charge is -2.34. The minimum Gasteiger partial charge on any atom is -0.497 e. The maximum atomic E-state index is 14.6. The molecule has 0 radical (unpaired) electrons. The van der Waals surface area contributed by atoms with Crippen LogP contribution >= 0.6 is 11.6 Å². The molecule has 0 spiro atoms. The van der Waals surface area contributed by atoms with Crippen molar-refractivity contribution in [3.05, 3.63) is 113 Å². The van der Waals surface area contributed by atoms with Crippen LogP contribution in [0.1, 0.15) is 24.5 Å². The Kier molecular flexibility index (Phi) is 12.7. The van der Waals surface area contributed by atoms with Crippen LogP contribution in [0, 0.1) is 0 Å². The molecule has 48 heavy (non-hydrogen) atoms. The molecule has 10 nitrogen and oxygen atoms in total. The zero-order chi connectivity index (χ0) is 34.7. The van der Waals surface area contributed by atoms with E-state index in [4.69, 9.17) is 25.8 Å². The van der Waals surface area contributed by atoms with E-state index >= 15 is 0 Å². The molecule has 0 aromatic heterocycles. The van der Waals surface area contributed by atoms with Crippen LogP contribution in [0.15, 0.2) is 102 Å². The van der Waals surface area contributed by atoms with Crippen LogP contribution in [0.2, 0.25) is 5.02 Å². The number of ether oxygens (including phenoxy) is 3. The molecule has 0 unspecified atom stereocenters. The third kappa shape index (κ3) is 8.99. The van der Waals surface area contributed by atoms with E-state index in [2.05, 4.69) is 5.32 Å². The predicted octanol–water partition coefficient (Wildman–Crippen LogP) is 5.73. The Morgan fingerprint density at radius 1 is 0.812 bits per heavy atom. The minimum atomic E-state index is -4.37. The van der Waals surface area contributed by atoms with Gasteiger partial charge in [0.25, 0.3) is 10.0 Å². The molecule has 0 aliphatic rings. The van der Waals surface area contributed by atoms with E-state index in [1.54, 1.807) is 37.4 Å². The Hall–Kier alpha value is -4.74. The largest absolute Gasteiger partial charge is 0.497 e. The van der Waals surface area contributed by atoms with Crippen molar-refractivity contribution in [3.8, 4) is 17.2 Å². The second-order valence-corrected chi connectivity index (χ2v) is 13.2. The fraction of sp³-hybridized carbons (Fsp3) is 0.278. The quantitative estimate of drug-likeness (QED) is 0.160. The highest BCUT2D eigenvalue weighted by Gasteiger charge is 2.35. The van der Waals surface area contributed by atoms with Gasteiger partial charge in [-0.1, -0.05) is 61.0 Å². The zero-order valence-corrected chi connectivity index (χ0v) is 29.0. The molecule has 1 N–H and O–H groups in total. The molecule has 12 heteroatoms. The summed E-state index contributed by atoms with van der Waals surface area (Å²) in [5, 5.41) is 3.33. The van der Waals surface area contributed by atoms with Crippen LogP contribution in [0.25, 0.3) is 0 Å². The predicted molar refractivity (Wildman–Crippen MR) is 186 cm³/mol. The van der Waals surface area contributed by atoms with E-state index in [0.717, 1.165) is 9.87 Å². The molecule has 0 aliphatic heterocycles. The fourth-order valence-corrected chi connectivity index (χ4v) is 6.68. The number of carbonyl (C=O) groups excluding carboxylic acids is 2. The molecule has 2 amide bonds. The highest BCUT2D eigenvalue weighted by atomic mass is 35.5. The summed E-state index contributed by atoms with van der Waals surface area (Å²) in [6.07, 6.45) is 0.900. The van der Waals surface area contributed by atoms with Crippen molar-refractivity contribution in [2.24, 2.45) is 0 Å². The third-order valence-electron chi connectivity index (χ3n) is 7.64. The van der Waals surface area contributed by atoms with Crippen molar-refractivity contribution >= 4 is 39.1 Å². The molecular formula is C36H40ClN3O7S. The number of hydrogen-bond donors (Lipinski definition) is 1. The van der Waals surface area contributed by atoms with E-state index in [1.807, 2.05) is 43.3 Å². The number of nitrogens with one attached hydrogen (secondary N) is 1. The minimum absolute atomic E-state index is 0.0118. The summed E-state index contributed by atoms with van der Waals surface area (Å²) < 4.78 is 45.8. The van der Waals surface area contributed by atoms with Crippen LogP contribution in [-0.4, -0.2) is 65.6 Å². The average molecular weight is 694 g/mol. The highest BCUT2D eigenvalue weighted by Crippen LogP contribution is 2.33. The monoisotopic (exact) mass is 693 g/mol. The molecule has 0 bridgehead atoms. The summed E-state index contributed by atoms with van der Waals surface area (Å²) in [6.45, 7) is 1.75. The third-order valence-corrected chi connectivity index (χ3v) is 9.67. The molecule has 0 fully saturated rings. The summed E-state index contributed by atoms with van der Waals surface area (Å²) in [5.74, 6) is 0.184. The normalized spacial score (nSPS) is 11.7. The van der Waals surface area contributed by atoms with Gasteiger partial charge in [-0.2, -0.15) is 0 Å². The fourth-order valence-electron chi connectivity index (χ4n) is 5.13. The maximum Gasteiger partial charge on any atom is 0.264 e. The first-order valence-electron chi connectivity index (χ1n) is 15.4. The lowest BCUT2D eigenvalue weighted by atomic mass is 10.0. The number of rotatable bonds is 16. The summed E-state index contributed by atoms with van der Waals surface area (Å²) >= 11 is 6.16. The number of hydrogen-bond acceptors (Lipinski definition) is 7. The highest BCUT2D eigenvalue weighted by molar-refractivity contribution is 7.92. The number of amides is 2. The number of nitrogens with zero attached hydrogens (tertiary/aromatic N) is 2. The first-order chi connectivity index (χ1) is 23.1. The lowest BCUT2D eigenvalue weighted by Crippen LogP contribution is -2.53. The average Bonchev–Trinajstić information content (AvgIpc) is 3.11. The van der Waals surface area contributed by atoms with Crippen molar-refractivity contribution in [1.82, 2.24) is 10.2 Å². The van der Waals surface area contributed by atoms with Crippen molar-refractivity contribution in [1.29, 1.82) is 0 Å². The van der Waals surface area contributed by atoms with Gasteiger partial charge in [0, 0.05) is 30.6 Å². The van der Waals surface area contributed by atoms with Crippen LogP contribution in [0.4, 0.5) is 5.69 Å². The van der Waals surface area contributed by atoms with Gasteiger partial charge in [-0.25, -0.2) is 8.42 Å². The zero-order valence-electron chi connectivity index (χ0n) is 27.4. The van der Waals surface area contributed by atoms with Crippen molar-refractivity contribution in [2.75, 3.05) is 38.7 Å². The number of benzene rings is 4. The molecule has 0 aliphatic carbocycles. The number of halogens is 1. The smallest absolute Gasteiger partial charge is 0.264 e. The SMILES string of the molecule is CCCNC(=O)[C@@H](Cc1ccccc1)N(Cc1cccc(OC)c1)C(=O)CN(c1ccc(Cl)cc1)S(=O)(=O)c1ccc(OC)c(OC)c1. The van der Waals surface area contributed by atoms with Gasteiger partial charge in [-0.05, 0) is 66.1 Å². The van der Waals surface area contributed by atoms with Crippen LogP contribution < -0.4 is 23.8 Å². The molecule has 254 valence electrons. The molecule has 4 aromatic rings. The Bertz CT molecular complexity index is 1790. The maximum absolute atomic E-state index is 14.6. The second kappa shape index (κ2) is 16.9. The first-order valence-corrected chi connectivity index (χ1v) is 17.2. The molecular weight excluding hydrogens is 654 g/mol. The Labute approximate surface area is 287 Å². The van der Waals surface area contributed by atoms with Crippen LogP contribution in [0.3, 0.4) is 0 Å². The van der Waals surface area contributed by atoms with Crippen molar-refractivity contribution in [3.63, 3.8) is 0 Å². The van der Waals surface area contributed by atoms with Gasteiger partial charge in [0.05, 0.1) is 31.9 Å². The Morgan fingerprint density at radius 2 is 1.50 bits per heavy atom. The van der Waals surface area contributed by atoms with E-state index in [-0.39, 0.29) is 35.2 Å². The van der Waals surface area contributed by atoms with Gasteiger partial charge < -0.3 is 24.4 Å². The van der Waals surface area contributed by atoms with Crippen LogP contribution in [0.5, 0.6) is 17.2 Å². The standard InChI is InChI=1S/C36H40ClN3O7S/c1-5-20-38-36(42)32(22-26-10-7-6-8-11-26)39(24-27-12-9-13-30(21-27)45-2)35(41)25-40(29-16-14-28(37)15-17-29)48(43,44)31-18-19-33(46-3)34(23-31)47-4/h6-19,21,23,32H,5,20,22,24-25H2,1-4H3,(H,38,42)/t32-/m1/s1. The number of methoxy groups -OCH3 is 3. The Morgan fingerprint density at radius 3 is 2.15 bits per heavy atom. The van der Waals surface area contributed by atoms with Crippen LogP contribution in [-0.2, 0) is 32.6 Å². The van der Waals surface area contributed by atoms with Crippen molar-refractivity contribution < 1.29 is 32.2 Å². The van der Waals surface area contributed by atoms with Gasteiger partial charge >= 0.3 is 0 Å². The van der Waals surface area contributed by atoms with E-state index < -0.39 is 28.5 Å². The van der Waals surface area contributed by atoms with E-state index in [9.17, 15) is 18.0 Å². The number of anilines is 1. The molecule has 0 saturated heterocycles. The van der Waals surface area contributed by atoms with Gasteiger partial charge in [0.15, 0.2) is 11.5 Å². The molecule has 4 rings (SSSR count).